The van der Waals surface area contributed by atoms with E-state index in [4.69, 9.17) is 10.5 Å². The standard InChI is InChI=1S/C12H11NOS/c13-9-5-7-10(8-6-9)14-11-3-1-2-4-12(11)15/h1-8,15H,13H2. The van der Waals surface area contributed by atoms with E-state index in [1.807, 2.05) is 36.4 Å². The first kappa shape index (κ1) is 9.93. The van der Waals surface area contributed by atoms with E-state index in [2.05, 4.69) is 12.6 Å². The number of para-hydroxylation sites is 1. The molecule has 2 nitrogen and oxygen atoms in total. The number of nitrogen functional groups attached to an aromatic ring is 1. The molecule has 0 aliphatic carbocycles. The quantitative estimate of drug-likeness (QED) is 0.597. The van der Waals surface area contributed by atoms with Crippen LogP contribution >= 0.6 is 12.6 Å². The highest BCUT2D eigenvalue weighted by atomic mass is 32.1. The summed E-state index contributed by atoms with van der Waals surface area (Å²) >= 11 is 4.30. The van der Waals surface area contributed by atoms with E-state index >= 15 is 0 Å². The van der Waals surface area contributed by atoms with Crippen molar-refractivity contribution in [2.24, 2.45) is 0 Å². The van der Waals surface area contributed by atoms with Crippen molar-refractivity contribution in [2.75, 3.05) is 5.73 Å². The van der Waals surface area contributed by atoms with E-state index < -0.39 is 0 Å². The Labute approximate surface area is 94.1 Å². The van der Waals surface area contributed by atoms with Gasteiger partial charge in [0, 0.05) is 10.6 Å². The van der Waals surface area contributed by atoms with Crippen LogP contribution in [0.15, 0.2) is 53.4 Å². The number of anilines is 1. The van der Waals surface area contributed by atoms with E-state index in [0.717, 1.165) is 22.1 Å². The molecule has 0 fully saturated rings. The molecule has 2 rings (SSSR count). The van der Waals surface area contributed by atoms with Crippen LogP contribution in [0.3, 0.4) is 0 Å². The highest BCUT2D eigenvalue weighted by Crippen LogP contribution is 2.27. The molecule has 0 spiro atoms. The summed E-state index contributed by atoms with van der Waals surface area (Å²) in [4.78, 5) is 0.814. The SMILES string of the molecule is Nc1ccc(Oc2ccccc2S)cc1. The largest absolute Gasteiger partial charge is 0.456 e. The molecular weight excluding hydrogens is 206 g/mol. The van der Waals surface area contributed by atoms with Crippen LogP contribution in [0, 0.1) is 0 Å². The molecule has 0 heterocycles. The van der Waals surface area contributed by atoms with Crippen LogP contribution in [0.1, 0.15) is 0 Å². The van der Waals surface area contributed by atoms with Gasteiger partial charge in [0.25, 0.3) is 0 Å². The molecule has 15 heavy (non-hydrogen) atoms. The lowest BCUT2D eigenvalue weighted by Crippen LogP contribution is -1.87. The van der Waals surface area contributed by atoms with Crippen LogP contribution in [0.25, 0.3) is 0 Å². The summed E-state index contributed by atoms with van der Waals surface area (Å²) in [7, 11) is 0. The predicted octanol–water partition coefficient (Wildman–Crippen LogP) is 3.35. The van der Waals surface area contributed by atoms with Crippen molar-refractivity contribution in [2.45, 2.75) is 4.90 Å². The van der Waals surface area contributed by atoms with Gasteiger partial charge in [0.05, 0.1) is 0 Å². The Bertz CT molecular complexity index is 453. The minimum Gasteiger partial charge on any atom is -0.456 e. The van der Waals surface area contributed by atoms with Crippen molar-refractivity contribution in [1.82, 2.24) is 0 Å². The molecule has 2 N–H and O–H groups in total. The van der Waals surface area contributed by atoms with Gasteiger partial charge >= 0.3 is 0 Å². The number of rotatable bonds is 2. The van der Waals surface area contributed by atoms with Gasteiger partial charge in [-0.3, -0.25) is 0 Å². The second kappa shape index (κ2) is 4.28. The van der Waals surface area contributed by atoms with Gasteiger partial charge in [-0.2, -0.15) is 0 Å². The molecule has 0 saturated heterocycles. The van der Waals surface area contributed by atoms with Gasteiger partial charge in [0.15, 0.2) is 0 Å². The summed E-state index contributed by atoms with van der Waals surface area (Å²) in [6.07, 6.45) is 0. The van der Waals surface area contributed by atoms with Crippen LogP contribution in [0.5, 0.6) is 11.5 Å². The van der Waals surface area contributed by atoms with Crippen LogP contribution in [-0.2, 0) is 0 Å². The van der Waals surface area contributed by atoms with Crippen LogP contribution < -0.4 is 10.5 Å². The summed E-state index contributed by atoms with van der Waals surface area (Å²) in [5, 5.41) is 0. The molecule has 3 heteroatoms. The zero-order chi connectivity index (χ0) is 10.7. The predicted molar refractivity (Wildman–Crippen MR) is 64.6 cm³/mol. The van der Waals surface area contributed by atoms with Crippen LogP contribution in [-0.4, -0.2) is 0 Å². The summed E-state index contributed by atoms with van der Waals surface area (Å²) in [6.45, 7) is 0. The van der Waals surface area contributed by atoms with E-state index in [0.29, 0.717) is 0 Å². The molecular formula is C12H11NOS. The van der Waals surface area contributed by atoms with E-state index in [1.165, 1.54) is 0 Å². The maximum Gasteiger partial charge on any atom is 0.140 e. The van der Waals surface area contributed by atoms with E-state index in [9.17, 15) is 0 Å². The van der Waals surface area contributed by atoms with Gasteiger partial charge in [0.2, 0.25) is 0 Å². The first-order valence-electron chi connectivity index (χ1n) is 4.57. The van der Waals surface area contributed by atoms with Crippen molar-refractivity contribution in [3.05, 3.63) is 48.5 Å². The molecule has 0 aliphatic heterocycles. The number of thiol groups is 1. The normalized spacial score (nSPS) is 9.93. The Hall–Kier alpha value is -1.61. The summed E-state index contributed by atoms with van der Waals surface area (Å²) < 4.78 is 5.63. The molecule has 0 radical (unpaired) electrons. The highest BCUT2D eigenvalue weighted by molar-refractivity contribution is 7.80. The fourth-order valence-corrected chi connectivity index (χ4v) is 1.41. The number of hydrogen-bond donors (Lipinski definition) is 2. The smallest absolute Gasteiger partial charge is 0.140 e. The lowest BCUT2D eigenvalue weighted by molar-refractivity contribution is 0.471. The van der Waals surface area contributed by atoms with Crippen molar-refractivity contribution in [3.63, 3.8) is 0 Å². The number of ether oxygens (including phenoxy) is 1. The van der Waals surface area contributed by atoms with Gasteiger partial charge in [-0.05, 0) is 36.4 Å². The Morgan fingerprint density at radius 3 is 2.27 bits per heavy atom. The summed E-state index contributed by atoms with van der Waals surface area (Å²) in [5.74, 6) is 1.50. The molecule has 0 bridgehead atoms. The fraction of sp³-hybridized carbons (Fsp3) is 0. The van der Waals surface area contributed by atoms with E-state index in [1.54, 1.807) is 12.1 Å². The van der Waals surface area contributed by atoms with Crippen molar-refractivity contribution < 1.29 is 4.74 Å². The number of nitrogens with two attached hydrogens (primary N) is 1. The van der Waals surface area contributed by atoms with Crippen molar-refractivity contribution in [1.29, 1.82) is 0 Å². The highest BCUT2D eigenvalue weighted by Gasteiger charge is 1.99. The Morgan fingerprint density at radius 2 is 1.60 bits per heavy atom. The molecule has 2 aromatic carbocycles. The summed E-state index contributed by atoms with van der Waals surface area (Å²) in [5.41, 5.74) is 6.30. The van der Waals surface area contributed by atoms with Gasteiger partial charge in [0.1, 0.15) is 11.5 Å². The summed E-state index contributed by atoms with van der Waals surface area (Å²) in [6, 6.07) is 14.8. The van der Waals surface area contributed by atoms with Crippen LogP contribution in [0.2, 0.25) is 0 Å². The topological polar surface area (TPSA) is 35.2 Å². The average Bonchev–Trinajstić information content (AvgIpc) is 2.25. The minimum atomic E-state index is 0.724. The number of hydrogen-bond acceptors (Lipinski definition) is 3. The lowest BCUT2D eigenvalue weighted by Gasteiger charge is -2.07. The molecule has 0 saturated carbocycles. The number of benzene rings is 2. The Kier molecular flexibility index (Phi) is 2.83. The van der Waals surface area contributed by atoms with Crippen LogP contribution in [0.4, 0.5) is 5.69 Å². The van der Waals surface area contributed by atoms with Gasteiger partial charge < -0.3 is 10.5 Å². The molecule has 0 atom stereocenters. The fourth-order valence-electron chi connectivity index (χ4n) is 1.21. The minimum absolute atomic E-state index is 0.724. The first-order chi connectivity index (χ1) is 7.25. The third-order valence-electron chi connectivity index (χ3n) is 1.97. The maximum atomic E-state index is 5.63. The maximum absolute atomic E-state index is 5.63. The second-order valence-electron chi connectivity index (χ2n) is 3.14. The Balaban J connectivity index is 2.22. The van der Waals surface area contributed by atoms with Gasteiger partial charge in [-0.1, -0.05) is 12.1 Å². The molecule has 0 aliphatic rings. The van der Waals surface area contributed by atoms with Gasteiger partial charge in [-0.15, -0.1) is 12.6 Å². The molecule has 2 aromatic rings. The van der Waals surface area contributed by atoms with E-state index in [-0.39, 0.29) is 0 Å². The molecule has 0 aromatic heterocycles. The van der Waals surface area contributed by atoms with Crippen molar-refractivity contribution >= 4 is 18.3 Å². The monoisotopic (exact) mass is 217 g/mol. The lowest BCUT2D eigenvalue weighted by atomic mass is 10.3. The third-order valence-corrected chi connectivity index (χ3v) is 2.34. The first-order valence-corrected chi connectivity index (χ1v) is 5.02. The molecule has 0 unspecified atom stereocenters. The zero-order valence-electron chi connectivity index (χ0n) is 8.05. The van der Waals surface area contributed by atoms with Gasteiger partial charge in [-0.25, -0.2) is 0 Å². The molecule has 0 amide bonds. The third kappa shape index (κ3) is 2.44. The van der Waals surface area contributed by atoms with Crippen molar-refractivity contribution in [3.8, 4) is 11.5 Å². The Morgan fingerprint density at radius 1 is 0.933 bits per heavy atom. The zero-order valence-corrected chi connectivity index (χ0v) is 8.95. The average molecular weight is 217 g/mol. The molecule has 76 valence electrons. The second-order valence-corrected chi connectivity index (χ2v) is 3.62.